The zero-order valence-corrected chi connectivity index (χ0v) is 14.2. The summed E-state index contributed by atoms with van der Waals surface area (Å²) in [6.07, 6.45) is 1.60. The van der Waals surface area contributed by atoms with Gasteiger partial charge in [0.1, 0.15) is 5.54 Å². The number of esters is 1. The molecule has 0 fully saturated rings. The van der Waals surface area contributed by atoms with Crippen molar-refractivity contribution < 1.29 is 9.53 Å². The van der Waals surface area contributed by atoms with Crippen LogP contribution in [0.2, 0.25) is 10.0 Å². The second-order valence-corrected chi connectivity index (χ2v) is 6.58. The first-order valence-electron chi connectivity index (χ1n) is 6.28. The summed E-state index contributed by atoms with van der Waals surface area (Å²) in [5, 5.41) is 4.14. The number of methoxy groups -OCH3 is 1. The third kappa shape index (κ3) is 4.85. The lowest BCUT2D eigenvalue weighted by molar-refractivity contribution is -0.148. The number of carbonyl (C=O) groups excluding carboxylic acids is 1. The van der Waals surface area contributed by atoms with Gasteiger partial charge < -0.3 is 10.1 Å². The summed E-state index contributed by atoms with van der Waals surface area (Å²) in [6.45, 7) is 1.85. The molecule has 0 spiro atoms. The van der Waals surface area contributed by atoms with Crippen molar-refractivity contribution in [3.8, 4) is 0 Å². The number of halogens is 2. The van der Waals surface area contributed by atoms with Crippen molar-refractivity contribution in [3.05, 3.63) is 28.2 Å². The van der Waals surface area contributed by atoms with Crippen LogP contribution >= 0.6 is 35.0 Å². The number of ether oxygens (including phenoxy) is 1. The maximum atomic E-state index is 11.7. The fourth-order valence-electron chi connectivity index (χ4n) is 1.74. The molecular formula is C14H19Cl2NO2S. The number of carbonyl (C=O) groups is 1. The number of rotatable bonds is 7. The number of thioether (sulfide) groups is 1. The van der Waals surface area contributed by atoms with Crippen LogP contribution in [0.15, 0.2) is 23.1 Å². The van der Waals surface area contributed by atoms with Gasteiger partial charge in [0.05, 0.1) is 17.2 Å². The van der Waals surface area contributed by atoms with Crippen LogP contribution in [-0.2, 0) is 9.53 Å². The van der Waals surface area contributed by atoms with Crippen LogP contribution < -0.4 is 5.32 Å². The van der Waals surface area contributed by atoms with Gasteiger partial charge in [0.25, 0.3) is 0 Å². The van der Waals surface area contributed by atoms with E-state index in [0.717, 1.165) is 17.1 Å². The minimum Gasteiger partial charge on any atom is -0.468 e. The van der Waals surface area contributed by atoms with E-state index in [1.807, 2.05) is 19.1 Å². The quantitative estimate of drug-likeness (QED) is 0.464. The SMILES string of the molecule is CNC(C)(CCCSc1ccc(Cl)c(Cl)c1)C(=O)OC. The van der Waals surface area contributed by atoms with Crippen molar-refractivity contribution in [2.24, 2.45) is 0 Å². The molecule has 0 saturated carbocycles. The molecule has 0 saturated heterocycles. The summed E-state index contributed by atoms with van der Waals surface area (Å²) >= 11 is 13.5. The van der Waals surface area contributed by atoms with Crippen LogP contribution in [0.3, 0.4) is 0 Å². The molecule has 0 bridgehead atoms. The average Bonchev–Trinajstić information content (AvgIpc) is 2.46. The first-order valence-corrected chi connectivity index (χ1v) is 8.02. The van der Waals surface area contributed by atoms with E-state index < -0.39 is 5.54 Å². The number of hydrogen-bond acceptors (Lipinski definition) is 4. The van der Waals surface area contributed by atoms with Crippen molar-refractivity contribution in [1.29, 1.82) is 0 Å². The van der Waals surface area contributed by atoms with Gasteiger partial charge in [-0.3, -0.25) is 4.79 Å². The van der Waals surface area contributed by atoms with E-state index in [-0.39, 0.29) is 5.97 Å². The van der Waals surface area contributed by atoms with Gasteiger partial charge in [0.15, 0.2) is 0 Å². The van der Waals surface area contributed by atoms with Crippen molar-refractivity contribution in [3.63, 3.8) is 0 Å². The second-order valence-electron chi connectivity index (χ2n) is 4.60. The summed E-state index contributed by atoms with van der Waals surface area (Å²) in [4.78, 5) is 12.8. The van der Waals surface area contributed by atoms with Gasteiger partial charge in [-0.15, -0.1) is 11.8 Å². The lowest BCUT2D eigenvalue weighted by atomic mass is 9.97. The van der Waals surface area contributed by atoms with E-state index in [0.29, 0.717) is 16.5 Å². The van der Waals surface area contributed by atoms with E-state index in [1.54, 1.807) is 24.9 Å². The highest BCUT2D eigenvalue weighted by Gasteiger charge is 2.31. The van der Waals surface area contributed by atoms with Crippen molar-refractivity contribution in [2.45, 2.75) is 30.2 Å². The zero-order chi connectivity index (χ0) is 15.2. The molecule has 6 heteroatoms. The molecule has 1 atom stereocenters. The predicted octanol–water partition coefficient (Wildman–Crippen LogP) is 4.02. The Bertz CT molecular complexity index is 470. The predicted molar refractivity (Wildman–Crippen MR) is 85.9 cm³/mol. The van der Waals surface area contributed by atoms with Crippen LogP contribution in [-0.4, -0.2) is 31.4 Å². The molecule has 0 aliphatic rings. The molecule has 0 aliphatic heterocycles. The number of likely N-dealkylation sites (N-methyl/N-ethyl adjacent to an activating group) is 1. The normalized spacial score (nSPS) is 13.8. The minimum atomic E-state index is -0.632. The van der Waals surface area contributed by atoms with Gasteiger partial charge in [-0.25, -0.2) is 0 Å². The van der Waals surface area contributed by atoms with Gasteiger partial charge in [-0.2, -0.15) is 0 Å². The molecule has 0 amide bonds. The van der Waals surface area contributed by atoms with Crippen LogP contribution in [0.5, 0.6) is 0 Å². The van der Waals surface area contributed by atoms with Crippen molar-refractivity contribution in [2.75, 3.05) is 19.9 Å². The van der Waals surface area contributed by atoms with Crippen LogP contribution in [0.4, 0.5) is 0 Å². The molecule has 0 radical (unpaired) electrons. The minimum absolute atomic E-state index is 0.237. The standard InChI is InChI=1S/C14H19Cl2NO2S/c1-14(17-2,13(18)19-3)7-4-8-20-10-5-6-11(15)12(16)9-10/h5-6,9,17H,4,7-8H2,1-3H3. The highest BCUT2D eigenvalue weighted by Crippen LogP contribution is 2.29. The Morgan fingerprint density at radius 2 is 2.10 bits per heavy atom. The largest absolute Gasteiger partial charge is 0.468 e. The van der Waals surface area contributed by atoms with E-state index in [4.69, 9.17) is 27.9 Å². The van der Waals surface area contributed by atoms with Gasteiger partial charge in [-0.1, -0.05) is 23.2 Å². The van der Waals surface area contributed by atoms with Crippen LogP contribution in [0.1, 0.15) is 19.8 Å². The first-order chi connectivity index (χ1) is 9.42. The molecule has 1 unspecified atom stereocenters. The molecule has 20 heavy (non-hydrogen) atoms. The van der Waals surface area contributed by atoms with Gasteiger partial charge in [-0.05, 0) is 50.8 Å². The molecule has 1 N–H and O–H groups in total. The summed E-state index contributed by atoms with van der Waals surface area (Å²) in [6, 6.07) is 5.58. The smallest absolute Gasteiger partial charge is 0.325 e. The summed E-state index contributed by atoms with van der Waals surface area (Å²) in [5.74, 6) is 0.659. The summed E-state index contributed by atoms with van der Waals surface area (Å²) < 4.78 is 4.81. The Morgan fingerprint density at radius 3 is 2.65 bits per heavy atom. The Balaban J connectivity index is 2.44. The van der Waals surface area contributed by atoms with Crippen molar-refractivity contribution in [1.82, 2.24) is 5.32 Å². The topological polar surface area (TPSA) is 38.3 Å². The summed E-state index contributed by atoms with van der Waals surface area (Å²) in [7, 11) is 3.17. The number of hydrogen-bond donors (Lipinski definition) is 1. The lowest BCUT2D eigenvalue weighted by Gasteiger charge is -2.25. The molecule has 3 nitrogen and oxygen atoms in total. The molecule has 0 aromatic heterocycles. The third-order valence-electron chi connectivity index (χ3n) is 3.17. The highest BCUT2D eigenvalue weighted by molar-refractivity contribution is 7.99. The monoisotopic (exact) mass is 335 g/mol. The van der Waals surface area contributed by atoms with Gasteiger partial charge >= 0.3 is 5.97 Å². The fourth-order valence-corrected chi connectivity index (χ4v) is 2.99. The highest BCUT2D eigenvalue weighted by atomic mass is 35.5. The molecule has 1 rings (SSSR count). The fraction of sp³-hybridized carbons (Fsp3) is 0.500. The Kier molecular flexibility index (Phi) is 7.17. The molecule has 0 heterocycles. The number of benzene rings is 1. The van der Waals surface area contributed by atoms with Crippen LogP contribution in [0.25, 0.3) is 0 Å². The summed E-state index contributed by atoms with van der Waals surface area (Å²) in [5.41, 5.74) is -0.632. The molecule has 0 aliphatic carbocycles. The third-order valence-corrected chi connectivity index (χ3v) is 4.99. The average molecular weight is 336 g/mol. The molecule has 1 aromatic carbocycles. The zero-order valence-electron chi connectivity index (χ0n) is 11.8. The van der Waals surface area contributed by atoms with E-state index >= 15 is 0 Å². The number of nitrogens with one attached hydrogen (secondary N) is 1. The van der Waals surface area contributed by atoms with E-state index in [1.165, 1.54) is 7.11 Å². The first kappa shape index (κ1) is 17.6. The molecule has 112 valence electrons. The second kappa shape index (κ2) is 8.13. The van der Waals surface area contributed by atoms with E-state index in [2.05, 4.69) is 5.32 Å². The maximum absolute atomic E-state index is 11.7. The Hall–Kier alpha value is -0.420. The maximum Gasteiger partial charge on any atom is 0.325 e. The molecule has 1 aromatic rings. The Labute approximate surface area is 134 Å². The van der Waals surface area contributed by atoms with Crippen molar-refractivity contribution >= 4 is 40.9 Å². The lowest BCUT2D eigenvalue weighted by Crippen LogP contribution is -2.48. The van der Waals surface area contributed by atoms with Gasteiger partial charge in [0, 0.05) is 4.90 Å². The molecular weight excluding hydrogens is 317 g/mol. The Morgan fingerprint density at radius 1 is 1.40 bits per heavy atom. The van der Waals surface area contributed by atoms with Gasteiger partial charge in [0.2, 0.25) is 0 Å². The van der Waals surface area contributed by atoms with E-state index in [9.17, 15) is 4.79 Å². The van der Waals surface area contributed by atoms with Crippen LogP contribution in [0, 0.1) is 0 Å².